The number of carbonyl (C=O) groups excluding carboxylic acids is 1. The first kappa shape index (κ1) is 15.5. The third-order valence-electron chi connectivity index (χ3n) is 4.16. The van der Waals surface area contributed by atoms with Crippen molar-refractivity contribution in [1.29, 1.82) is 5.26 Å². The number of hydrogen-bond acceptors (Lipinski definition) is 5. The van der Waals surface area contributed by atoms with Crippen LogP contribution in [0.15, 0.2) is 42.9 Å². The number of pyridine rings is 1. The normalized spacial score (nSPS) is 14.7. The highest BCUT2D eigenvalue weighted by atomic mass is 35.5. The van der Waals surface area contributed by atoms with E-state index < -0.39 is 11.4 Å². The van der Waals surface area contributed by atoms with Crippen LogP contribution in [0.5, 0.6) is 0 Å². The van der Waals surface area contributed by atoms with Crippen LogP contribution in [0, 0.1) is 11.3 Å². The van der Waals surface area contributed by atoms with Crippen molar-refractivity contribution in [3.05, 3.63) is 53.6 Å². The third-order valence-corrected chi connectivity index (χ3v) is 4.41. The van der Waals surface area contributed by atoms with Crippen LogP contribution in [0.25, 0.3) is 22.2 Å². The standard InChI is InChI=1S/C18H12ClN5O/c19-12-3-1-11(2-4-12)13-7-21-8-14-16(13)23-15(9-22-14)17(25)24-18(10-20)5-6-18/h1-4,7-9H,5-6H2,(H,24,25). The zero-order valence-electron chi connectivity index (χ0n) is 13.0. The Bertz CT molecular complexity index is 1020. The highest BCUT2D eigenvalue weighted by molar-refractivity contribution is 6.30. The summed E-state index contributed by atoms with van der Waals surface area (Å²) >= 11 is 5.94. The fraction of sp³-hybridized carbons (Fsp3) is 0.167. The van der Waals surface area contributed by atoms with E-state index in [1.807, 2.05) is 12.1 Å². The molecule has 25 heavy (non-hydrogen) atoms. The molecule has 7 heteroatoms. The van der Waals surface area contributed by atoms with E-state index in [1.54, 1.807) is 24.5 Å². The average Bonchev–Trinajstić information content (AvgIpc) is 3.41. The second-order valence-corrected chi connectivity index (χ2v) is 6.40. The summed E-state index contributed by atoms with van der Waals surface area (Å²) in [4.78, 5) is 25.3. The van der Waals surface area contributed by atoms with E-state index in [0.717, 1.165) is 11.1 Å². The van der Waals surface area contributed by atoms with Crippen molar-refractivity contribution >= 4 is 28.5 Å². The van der Waals surface area contributed by atoms with Crippen LogP contribution in [-0.2, 0) is 0 Å². The molecular formula is C18H12ClN5O. The SMILES string of the molecule is N#CC1(NC(=O)c2cnc3cncc(-c4ccc(Cl)cc4)c3n2)CC1. The first-order valence-electron chi connectivity index (χ1n) is 7.71. The zero-order chi connectivity index (χ0) is 17.4. The van der Waals surface area contributed by atoms with Gasteiger partial charge in [0.1, 0.15) is 22.3 Å². The lowest BCUT2D eigenvalue weighted by Gasteiger charge is -2.10. The van der Waals surface area contributed by atoms with Gasteiger partial charge in [0.2, 0.25) is 0 Å². The van der Waals surface area contributed by atoms with Crippen LogP contribution in [0.3, 0.4) is 0 Å². The average molecular weight is 350 g/mol. The minimum atomic E-state index is -0.745. The molecule has 1 fully saturated rings. The van der Waals surface area contributed by atoms with Gasteiger partial charge in [0, 0.05) is 16.8 Å². The van der Waals surface area contributed by atoms with E-state index in [4.69, 9.17) is 16.9 Å². The van der Waals surface area contributed by atoms with Crippen molar-refractivity contribution in [2.75, 3.05) is 0 Å². The molecule has 3 aromatic rings. The number of fused-ring (bicyclic) bond motifs is 1. The van der Waals surface area contributed by atoms with Crippen molar-refractivity contribution in [2.24, 2.45) is 0 Å². The van der Waals surface area contributed by atoms with Crippen LogP contribution in [0.2, 0.25) is 5.02 Å². The third kappa shape index (κ3) is 2.90. The molecule has 1 aliphatic rings. The van der Waals surface area contributed by atoms with Gasteiger partial charge < -0.3 is 5.32 Å². The molecule has 2 aromatic heterocycles. The van der Waals surface area contributed by atoms with Gasteiger partial charge in [-0.15, -0.1) is 0 Å². The van der Waals surface area contributed by atoms with Crippen LogP contribution in [0.1, 0.15) is 23.3 Å². The van der Waals surface area contributed by atoms with E-state index in [2.05, 4.69) is 26.3 Å². The number of hydrogen-bond donors (Lipinski definition) is 1. The minimum absolute atomic E-state index is 0.176. The molecule has 0 unspecified atom stereocenters. The smallest absolute Gasteiger partial charge is 0.272 e. The largest absolute Gasteiger partial charge is 0.332 e. The number of halogens is 1. The number of benzene rings is 1. The van der Waals surface area contributed by atoms with Crippen LogP contribution < -0.4 is 5.32 Å². The Labute approximate surface area is 148 Å². The topological polar surface area (TPSA) is 91.6 Å². The lowest BCUT2D eigenvalue weighted by molar-refractivity contribution is 0.0936. The van der Waals surface area contributed by atoms with Crippen molar-refractivity contribution in [2.45, 2.75) is 18.4 Å². The van der Waals surface area contributed by atoms with Crippen molar-refractivity contribution < 1.29 is 4.79 Å². The summed E-state index contributed by atoms with van der Waals surface area (Å²) in [6, 6.07) is 9.42. The van der Waals surface area contributed by atoms with Crippen LogP contribution >= 0.6 is 11.6 Å². The van der Waals surface area contributed by atoms with Gasteiger partial charge in [-0.2, -0.15) is 5.26 Å². The van der Waals surface area contributed by atoms with Gasteiger partial charge in [-0.05, 0) is 30.5 Å². The molecule has 1 aliphatic carbocycles. The molecule has 4 rings (SSSR count). The highest BCUT2D eigenvalue weighted by Gasteiger charge is 2.45. The lowest BCUT2D eigenvalue weighted by Crippen LogP contribution is -2.36. The Morgan fingerprint density at radius 2 is 1.96 bits per heavy atom. The van der Waals surface area contributed by atoms with Gasteiger partial charge in [-0.25, -0.2) is 4.98 Å². The second kappa shape index (κ2) is 5.80. The first-order chi connectivity index (χ1) is 12.1. The Morgan fingerprint density at radius 3 is 2.64 bits per heavy atom. The van der Waals surface area contributed by atoms with Crippen LogP contribution in [-0.4, -0.2) is 26.4 Å². The lowest BCUT2D eigenvalue weighted by atomic mass is 10.1. The number of rotatable bonds is 3. The summed E-state index contributed by atoms with van der Waals surface area (Å²) in [5.74, 6) is -0.396. The summed E-state index contributed by atoms with van der Waals surface area (Å²) in [6.07, 6.45) is 6.01. The predicted octanol–water partition coefficient (Wildman–Crippen LogP) is 3.13. The molecule has 1 aromatic carbocycles. The molecule has 1 N–H and O–H groups in total. The molecular weight excluding hydrogens is 338 g/mol. The molecule has 1 amide bonds. The van der Waals surface area contributed by atoms with Crippen molar-refractivity contribution in [3.63, 3.8) is 0 Å². The number of carbonyl (C=O) groups is 1. The molecule has 1 saturated carbocycles. The minimum Gasteiger partial charge on any atom is -0.332 e. The summed E-state index contributed by atoms with van der Waals surface area (Å²) in [5.41, 5.74) is 2.24. The monoisotopic (exact) mass is 349 g/mol. The molecule has 0 spiro atoms. The highest BCUT2D eigenvalue weighted by Crippen LogP contribution is 2.34. The molecule has 2 heterocycles. The molecule has 6 nitrogen and oxygen atoms in total. The molecule has 122 valence electrons. The Kier molecular flexibility index (Phi) is 3.59. The maximum Gasteiger partial charge on any atom is 0.272 e. The van der Waals surface area contributed by atoms with Crippen LogP contribution in [0.4, 0.5) is 0 Å². The maximum atomic E-state index is 12.4. The second-order valence-electron chi connectivity index (χ2n) is 5.96. The zero-order valence-corrected chi connectivity index (χ0v) is 13.8. The summed E-state index contributed by atoms with van der Waals surface area (Å²) < 4.78 is 0. The van der Waals surface area contributed by atoms with Gasteiger partial charge >= 0.3 is 0 Å². The van der Waals surface area contributed by atoms with E-state index in [-0.39, 0.29) is 5.69 Å². The number of nitrogens with one attached hydrogen (secondary N) is 1. The number of nitriles is 1. The Balaban J connectivity index is 1.77. The maximum absolute atomic E-state index is 12.4. The van der Waals surface area contributed by atoms with E-state index in [0.29, 0.717) is 28.9 Å². The quantitative estimate of drug-likeness (QED) is 0.784. The molecule has 0 aliphatic heterocycles. The van der Waals surface area contributed by atoms with Gasteiger partial charge in [0.15, 0.2) is 0 Å². The van der Waals surface area contributed by atoms with Gasteiger partial charge in [-0.1, -0.05) is 23.7 Å². The summed E-state index contributed by atoms with van der Waals surface area (Å²) in [5, 5.41) is 12.5. The Morgan fingerprint density at radius 1 is 1.20 bits per heavy atom. The number of aromatic nitrogens is 3. The van der Waals surface area contributed by atoms with Gasteiger partial charge in [0.05, 0.1) is 18.5 Å². The van der Waals surface area contributed by atoms with Crippen molar-refractivity contribution in [1.82, 2.24) is 20.3 Å². The fourth-order valence-corrected chi connectivity index (χ4v) is 2.68. The molecule has 0 saturated heterocycles. The summed E-state index contributed by atoms with van der Waals surface area (Å²) in [6.45, 7) is 0. The van der Waals surface area contributed by atoms with Gasteiger partial charge in [-0.3, -0.25) is 14.8 Å². The van der Waals surface area contributed by atoms with E-state index in [9.17, 15) is 4.79 Å². The predicted molar refractivity (Wildman–Crippen MR) is 92.8 cm³/mol. The molecule has 0 atom stereocenters. The number of amides is 1. The fourth-order valence-electron chi connectivity index (χ4n) is 2.56. The summed E-state index contributed by atoms with van der Waals surface area (Å²) in [7, 11) is 0. The van der Waals surface area contributed by atoms with Crippen molar-refractivity contribution in [3.8, 4) is 17.2 Å². The van der Waals surface area contributed by atoms with E-state index in [1.165, 1.54) is 6.20 Å². The first-order valence-corrected chi connectivity index (χ1v) is 8.08. The molecule has 0 bridgehead atoms. The number of nitrogens with zero attached hydrogens (tertiary/aromatic N) is 4. The van der Waals surface area contributed by atoms with E-state index >= 15 is 0 Å². The Hall–Kier alpha value is -3.04. The molecule has 0 radical (unpaired) electrons. The van der Waals surface area contributed by atoms with Gasteiger partial charge in [0.25, 0.3) is 5.91 Å².